The maximum absolute atomic E-state index is 10.2. The predicted molar refractivity (Wildman–Crippen MR) is 62.4 cm³/mol. The number of nitrogens with two attached hydrogens (primary N) is 1. The van der Waals surface area contributed by atoms with Crippen LogP contribution in [0.15, 0.2) is 18.2 Å². The van der Waals surface area contributed by atoms with Crippen molar-refractivity contribution in [2.75, 3.05) is 26.3 Å². The molecular formula is C13H17NO4. The topological polar surface area (TPSA) is 75.2 Å². The lowest BCUT2D eigenvalue weighted by molar-refractivity contribution is -0.653. The van der Waals surface area contributed by atoms with Gasteiger partial charge in [0, 0.05) is 18.8 Å². The zero-order valence-corrected chi connectivity index (χ0v) is 10.2. The molecule has 0 aliphatic carbocycles. The fourth-order valence-electron chi connectivity index (χ4n) is 1.88. The largest absolute Gasteiger partial charge is 0.550 e. The summed E-state index contributed by atoms with van der Waals surface area (Å²) in [7, 11) is 0. The second-order valence-corrected chi connectivity index (χ2v) is 4.22. The first-order valence-corrected chi connectivity index (χ1v) is 6.16. The average molecular weight is 251 g/mol. The first kappa shape index (κ1) is 12.7. The van der Waals surface area contributed by atoms with Crippen molar-refractivity contribution < 1.29 is 24.7 Å². The number of carboxylic acid groups (broad SMARTS) is 1. The van der Waals surface area contributed by atoms with Crippen LogP contribution >= 0.6 is 0 Å². The summed E-state index contributed by atoms with van der Waals surface area (Å²) in [4.78, 5) is 10.2. The Balaban J connectivity index is 1.77. The summed E-state index contributed by atoms with van der Waals surface area (Å²) in [5.74, 6) is 0.602. The Labute approximate surface area is 106 Å². The molecule has 2 N–H and O–H groups in total. The van der Waals surface area contributed by atoms with E-state index in [1.54, 1.807) is 0 Å². The van der Waals surface area contributed by atoms with Crippen molar-refractivity contribution in [3.63, 3.8) is 0 Å². The summed E-state index contributed by atoms with van der Waals surface area (Å²) < 4.78 is 10.9. The van der Waals surface area contributed by atoms with Crippen LogP contribution in [0, 0.1) is 0 Å². The van der Waals surface area contributed by atoms with Crippen molar-refractivity contribution in [1.82, 2.24) is 0 Å². The number of carbonyl (C=O) groups excluding carboxylic acids is 1. The Bertz CT molecular complexity index is 419. The summed E-state index contributed by atoms with van der Waals surface area (Å²) in [5, 5.41) is 12.2. The van der Waals surface area contributed by atoms with E-state index in [-0.39, 0.29) is 6.42 Å². The minimum atomic E-state index is -0.995. The Morgan fingerprint density at radius 3 is 2.78 bits per heavy atom. The fourth-order valence-corrected chi connectivity index (χ4v) is 1.88. The lowest BCUT2D eigenvalue weighted by Gasteiger charge is -2.18. The zero-order valence-electron chi connectivity index (χ0n) is 10.2. The van der Waals surface area contributed by atoms with E-state index < -0.39 is 5.97 Å². The standard InChI is InChI=1S/C13H17NO4/c15-13(16)4-6-14-5-3-10-1-2-11-12(9-10)18-8-7-17-11/h1-2,9,14H,3-8H2,(H,15,16). The minimum Gasteiger partial charge on any atom is -0.550 e. The first-order chi connectivity index (χ1) is 8.75. The number of ether oxygens (including phenoxy) is 2. The van der Waals surface area contributed by atoms with Crippen LogP contribution in [0.2, 0.25) is 0 Å². The Hall–Kier alpha value is -1.75. The monoisotopic (exact) mass is 251 g/mol. The second kappa shape index (κ2) is 6.26. The molecule has 0 atom stereocenters. The number of hydrogen-bond acceptors (Lipinski definition) is 4. The van der Waals surface area contributed by atoms with Crippen molar-refractivity contribution in [2.45, 2.75) is 12.8 Å². The van der Waals surface area contributed by atoms with E-state index in [2.05, 4.69) is 0 Å². The molecule has 0 spiro atoms. The molecule has 1 aromatic rings. The van der Waals surface area contributed by atoms with Crippen LogP contribution in [-0.4, -0.2) is 32.3 Å². The van der Waals surface area contributed by atoms with Gasteiger partial charge in [0.05, 0.1) is 13.1 Å². The van der Waals surface area contributed by atoms with E-state index >= 15 is 0 Å². The van der Waals surface area contributed by atoms with Crippen molar-refractivity contribution in [3.8, 4) is 11.5 Å². The number of aliphatic carboxylic acids is 1. The van der Waals surface area contributed by atoms with Crippen LogP contribution in [0.3, 0.4) is 0 Å². The Morgan fingerprint density at radius 1 is 1.22 bits per heavy atom. The molecule has 0 amide bonds. The van der Waals surface area contributed by atoms with Gasteiger partial charge < -0.3 is 24.7 Å². The highest BCUT2D eigenvalue weighted by molar-refractivity contribution is 5.64. The van der Waals surface area contributed by atoms with Crippen LogP contribution in [0.4, 0.5) is 0 Å². The molecule has 2 rings (SSSR count). The van der Waals surface area contributed by atoms with Gasteiger partial charge in [0.15, 0.2) is 11.5 Å². The van der Waals surface area contributed by atoms with Crippen LogP contribution in [0.1, 0.15) is 12.0 Å². The normalized spacial score (nSPS) is 13.3. The maximum atomic E-state index is 10.2. The molecule has 0 fully saturated rings. The number of rotatable bonds is 6. The Morgan fingerprint density at radius 2 is 2.00 bits per heavy atom. The van der Waals surface area contributed by atoms with Crippen molar-refractivity contribution in [2.24, 2.45) is 0 Å². The lowest BCUT2D eigenvalue weighted by Crippen LogP contribution is -2.85. The van der Waals surface area contributed by atoms with Gasteiger partial charge in [-0.1, -0.05) is 6.07 Å². The third-order valence-corrected chi connectivity index (χ3v) is 2.80. The number of carboxylic acids is 1. The molecule has 1 aromatic carbocycles. The summed E-state index contributed by atoms with van der Waals surface area (Å²) >= 11 is 0. The molecule has 1 aliphatic rings. The van der Waals surface area contributed by atoms with Gasteiger partial charge in [-0.2, -0.15) is 0 Å². The molecule has 1 aliphatic heterocycles. The number of carbonyl (C=O) groups is 1. The van der Waals surface area contributed by atoms with Crippen molar-refractivity contribution in [3.05, 3.63) is 23.8 Å². The molecule has 5 nitrogen and oxygen atoms in total. The van der Waals surface area contributed by atoms with E-state index in [0.29, 0.717) is 19.8 Å². The SMILES string of the molecule is O=C([O-])CC[NH2+]CCc1ccc2c(c1)OCCO2. The second-order valence-electron chi connectivity index (χ2n) is 4.22. The molecule has 0 unspecified atom stereocenters. The van der Waals surface area contributed by atoms with Gasteiger partial charge >= 0.3 is 0 Å². The van der Waals surface area contributed by atoms with E-state index in [9.17, 15) is 9.90 Å². The van der Waals surface area contributed by atoms with Gasteiger partial charge in [0.2, 0.25) is 0 Å². The summed E-state index contributed by atoms with van der Waals surface area (Å²) in [6.07, 6.45) is 0.977. The smallest absolute Gasteiger partial charge is 0.161 e. The molecular weight excluding hydrogens is 234 g/mol. The highest BCUT2D eigenvalue weighted by Gasteiger charge is 2.11. The number of benzene rings is 1. The van der Waals surface area contributed by atoms with Crippen LogP contribution in [0.5, 0.6) is 11.5 Å². The number of fused-ring (bicyclic) bond motifs is 1. The molecule has 0 radical (unpaired) electrons. The van der Waals surface area contributed by atoms with Gasteiger partial charge in [0.25, 0.3) is 0 Å². The molecule has 0 bridgehead atoms. The van der Waals surface area contributed by atoms with E-state index in [0.717, 1.165) is 24.5 Å². The number of quaternary nitrogens is 1. The molecule has 5 heteroatoms. The average Bonchev–Trinajstić information content (AvgIpc) is 2.38. The Kier molecular flexibility index (Phi) is 4.41. The van der Waals surface area contributed by atoms with Crippen LogP contribution in [0.25, 0.3) is 0 Å². The third kappa shape index (κ3) is 3.63. The van der Waals surface area contributed by atoms with Crippen molar-refractivity contribution >= 4 is 5.97 Å². The lowest BCUT2D eigenvalue weighted by atomic mass is 10.1. The highest BCUT2D eigenvalue weighted by atomic mass is 16.6. The van der Waals surface area contributed by atoms with E-state index in [1.165, 1.54) is 5.56 Å². The van der Waals surface area contributed by atoms with Gasteiger partial charge in [-0.25, -0.2) is 0 Å². The number of hydrogen-bond donors (Lipinski definition) is 1. The zero-order chi connectivity index (χ0) is 12.8. The maximum Gasteiger partial charge on any atom is 0.161 e. The fraction of sp³-hybridized carbons (Fsp3) is 0.462. The van der Waals surface area contributed by atoms with E-state index in [4.69, 9.17) is 9.47 Å². The molecule has 0 aromatic heterocycles. The van der Waals surface area contributed by atoms with Gasteiger partial charge in [-0.3, -0.25) is 0 Å². The highest BCUT2D eigenvalue weighted by Crippen LogP contribution is 2.30. The van der Waals surface area contributed by atoms with E-state index in [1.807, 2.05) is 23.5 Å². The third-order valence-electron chi connectivity index (χ3n) is 2.80. The minimum absolute atomic E-state index is 0.0984. The van der Waals surface area contributed by atoms with Gasteiger partial charge in [0.1, 0.15) is 13.2 Å². The predicted octanol–water partition coefficient (Wildman–Crippen LogP) is -1.30. The molecule has 18 heavy (non-hydrogen) atoms. The quantitative estimate of drug-likeness (QED) is 0.638. The summed E-state index contributed by atoms with van der Waals surface area (Å²) in [5.41, 5.74) is 1.17. The first-order valence-electron chi connectivity index (χ1n) is 6.16. The molecule has 0 saturated heterocycles. The van der Waals surface area contributed by atoms with Crippen molar-refractivity contribution in [1.29, 1.82) is 0 Å². The molecule has 1 heterocycles. The summed E-state index contributed by atoms with van der Waals surface area (Å²) in [6.45, 7) is 2.61. The van der Waals surface area contributed by atoms with Gasteiger partial charge in [-0.05, 0) is 17.7 Å². The molecule has 0 saturated carbocycles. The van der Waals surface area contributed by atoms with Crippen LogP contribution in [-0.2, 0) is 11.2 Å². The van der Waals surface area contributed by atoms with Gasteiger partial charge in [-0.15, -0.1) is 0 Å². The van der Waals surface area contributed by atoms with Crippen LogP contribution < -0.4 is 19.9 Å². The molecule has 98 valence electrons. The summed E-state index contributed by atoms with van der Waals surface area (Å²) in [6, 6.07) is 5.92.